The van der Waals surface area contributed by atoms with E-state index in [4.69, 9.17) is 4.74 Å². The molecular formula is C13H16O2. The van der Waals surface area contributed by atoms with Gasteiger partial charge in [0.1, 0.15) is 5.75 Å². The summed E-state index contributed by atoms with van der Waals surface area (Å²) < 4.78 is 5.55. The lowest BCUT2D eigenvalue weighted by Crippen LogP contribution is -1.96. The minimum atomic E-state index is -0.276. The third kappa shape index (κ3) is 2.21. The zero-order valence-electron chi connectivity index (χ0n) is 8.78. The molecule has 1 aliphatic carbocycles. The number of benzene rings is 1. The van der Waals surface area contributed by atoms with E-state index in [0.717, 1.165) is 30.6 Å². The Kier molecular flexibility index (Phi) is 3.07. The first-order valence-corrected chi connectivity index (χ1v) is 5.36. The molecule has 0 aromatic heterocycles. The second-order valence-corrected chi connectivity index (χ2v) is 3.84. The van der Waals surface area contributed by atoms with Gasteiger partial charge in [0.15, 0.2) is 0 Å². The molecule has 1 atom stereocenters. The fourth-order valence-corrected chi connectivity index (χ4v) is 1.92. The van der Waals surface area contributed by atoms with Crippen LogP contribution >= 0.6 is 0 Å². The maximum atomic E-state index is 9.63. The van der Waals surface area contributed by atoms with Crippen LogP contribution in [-0.4, -0.2) is 11.7 Å². The van der Waals surface area contributed by atoms with Crippen LogP contribution in [-0.2, 0) is 6.42 Å². The topological polar surface area (TPSA) is 29.5 Å². The number of hydrogen-bond donors (Lipinski definition) is 1. The van der Waals surface area contributed by atoms with Gasteiger partial charge in [-0.2, -0.15) is 0 Å². The van der Waals surface area contributed by atoms with Crippen molar-refractivity contribution in [2.45, 2.75) is 25.4 Å². The Morgan fingerprint density at radius 1 is 1.53 bits per heavy atom. The molecule has 15 heavy (non-hydrogen) atoms. The highest BCUT2D eigenvalue weighted by Gasteiger charge is 2.20. The molecule has 2 nitrogen and oxygen atoms in total. The number of aliphatic hydroxyl groups is 1. The predicted octanol–water partition coefficient (Wildman–Crippen LogP) is 2.62. The monoisotopic (exact) mass is 204 g/mol. The van der Waals surface area contributed by atoms with E-state index in [1.54, 1.807) is 0 Å². The van der Waals surface area contributed by atoms with E-state index >= 15 is 0 Å². The van der Waals surface area contributed by atoms with Crippen LogP contribution in [0.5, 0.6) is 5.75 Å². The molecule has 0 aliphatic heterocycles. The summed E-state index contributed by atoms with van der Waals surface area (Å²) in [4.78, 5) is 0. The van der Waals surface area contributed by atoms with E-state index in [-0.39, 0.29) is 6.10 Å². The van der Waals surface area contributed by atoms with Gasteiger partial charge in [-0.3, -0.25) is 0 Å². The fourth-order valence-electron chi connectivity index (χ4n) is 1.92. The quantitative estimate of drug-likeness (QED) is 0.603. The smallest absolute Gasteiger partial charge is 0.119 e. The maximum absolute atomic E-state index is 9.63. The van der Waals surface area contributed by atoms with Crippen molar-refractivity contribution in [2.75, 3.05) is 6.61 Å². The van der Waals surface area contributed by atoms with Crippen LogP contribution in [0.3, 0.4) is 0 Å². The van der Waals surface area contributed by atoms with Crippen molar-refractivity contribution < 1.29 is 9.84 Å². The zero-order valence-corrected chi connectivity index (χ0v) is 8.78. The van der Waals surface area contributed by atoms with Gasteiger partial charge < -0.3 is 9.84 Å². The Bertz CT molecular complexity index is 358. The van der Waals surface area contributed by atoms with Gasteiger partial charge in [-0.05, 0) is 42.5 Å². The summed E-state index contributed by atoms with van der Waals surface area (Å²) in [5.74, 6) is 0.893. The summed E-state index contributed by atoms with van der Waals surface area (Å²) in [6.45, 7) is 4.32. The molecule has 2 rings (SSSR count). The number of ether oxygens (including phenoxy) is 1. The Morgan fingerprint density at radius 3 is 3.20 bits per heavy atom. The van der Waals surface area contributed by atoms with E-state index in [1.807, 2.05) is 24.3 Å². The first-order chi connectivity index (χ1) is 7.31. The predicted molar refractivity (Wildman–Crippen MR) is 60.0 cm³/mol. The Morgan fingerprint density at radius 2 is 2.40 bits per heavy atom. The van der Waals surface area contributed by atoms with Gasteiger partial charge in [0.2, 0.25) is 0 Å². The zero-order chi connectivity index (χ0) is 10.7. The van der Waals surface area contributed by atoms with E-state index in [2.05, 4.69) is 6.58 Å². The molecule has 2 heteroatoms. The number of hydrogen-bond acceptors (Lipinski definition) is 2. The van der Waals surface area contributed by atoms with E-state index in [9.17, 15) is 5.11 Å². The normalized spacial score (nSPS) is 18.6. The minimum absolute atomic E-state index is 0.276. The summed E-state index contributed by atoms with van der Waals surface area (Å²) in [6.07, 6.45) is 4.22. The molecule has 0 fully saturated rings. The van der Waals surface area contributed by atoms with Crippen LogP contribution in [0.4, 0.5) is 0 Å². The molecule has 0 heterocycles. The largest absolute Gasteiger partial charge is 0.493 e. The second kappa shape index (κ2) is 4.49. The van der Waals surface area contributed by atoms with E-state index < -0.39 is 0 Å². The Balaban J connectivity index is 2.06. The molecule has 0 saturated heterocycles. The molecule has 0 radical (unpaired) electrons. The summed E-state index contributed by atoms with van der Waals surface area (Å²) in [5.41, 5.74) is 2.28. The van der Waals surface area contributed by atoms with Crippen LogP contribution in [0.15, 0.2) is 30.9 Å². The van der Waals surface area contributed by atoms with Gasteiger partial charge >= 0.3 is 0 Å². The van der Waals surface area contributed by atoms with Gasteiger partial charge in [0.25, 0.3) is 0 Å². The molecule has 1 aliphatic rings. The van der Waals surface area contributed by atoms with Gasteiger partial charge in [0, 0.05) is 0 Å². The van der Waals surface area contributed by atoms with Crippen LogP contribution in [0.1, 0.15) is 30.1 Å². The summed E-state index contributed by atoms with van der Waals surface area (Å²) in [6, 6.07) is 5.93. The summed E-state index contributed by atoms with van der Waals surface area (Å²) in [5, 5.41) is 9.63. The fraction of sp³-hybridized carbons (Fsp3) is 0.385. The molecule has 1 N–H and O–H groups in total. The Labute approximate surface area is 90.2 Å². The van der Waals surface area contributed by atoms with Gasteiger partial charge in [0.05, 0.1) is 12.7 Å². The van der Waals surface area contributed by atoms with Crippen LogP contribution < -0.4 is 4.74 Å². The second-order valence-electron chi connectivity index (χ2n) is 3.84. The van der Waals surface area contributed by atoms with Gasteiger partial charge in [-0.25, -0.2) is 0 Å². The molecular weight excluding hydrogens is 188 g/mol. The van der Waals surface area contributed by atoms with Crippen molar-refractivity contribution in [3.63, 3.8) is 0 Å². The van der Waals surface area contributed by atoms with Crippen molar-refractivity contribution >= 4 is 0 Å². The van der Waals surface area contributed by atoms with Gasteiger partial charge in [-0.1, -0.05) is 12.1 Å². The van der Waals surface area contributed by atoms with Crippen LogP contribution in [0, 0.1) is 0 Å². The van der Waals surface area contributed by atoms with Crippen molar-refractivity contribution in [1.82, 2.24) is 0 Å². The summed E-state index contributed by atoms with van der Waals surface area (Å²) >= 11 is 0. The molecule has 0 saturated carbocycles. The highest BCUT2D eigenvalue weighted by Crippen LogP contribution is 2.33. The molecule has 0 spiro atoms. The van der Waals surface area contributed by atoms with Crippen molar-refractivity contribution in [2.24, 2.45) is 0 Å². The number of rotatable bonds is 4. The molecule has 1 aromatic rings. The van der Waals surface area contributed by atoms with Crippen LogP contribution in [0.25, 0.3) is 0 Å². The van der Waals surface area contributed by atoms with Crippen molar-refractivity contribution in [1.29, 1.82) is 0 Å². The average molecular weight is 204 g/mol. The first kappa shape index (κ1) is 10.2. The Hall–Kier alpha value is -1.28. The van der Waals surface area contributed by atoms with Crippen molar-refractivity contribution in [3.8, 4) is 5.75 Å². The lowest BCUT2D eigenvalue weighted by Gasteiger charge is -2.07. The molecule has 1 unspecified atom stereocenters. The molecule has 80 valence electrons. The van der Waals surface area contributed by atoms with Crippen LogP contribution in [0.2, 0.25) is 0 Å². The number of fused-ring (bicyclic) bond motifs is 1. The molecule has 0 bridgehead atoms. The number of aryl methyl sites for hydroxylation is 1. The van der Waals surface area contributed by atoms with E-state index in [1.165, 1.54) is 5.56 Å². The SMILES string of the molecule is C=CCCOc1ccc2c(c1)CCC2O. The lowest BCUT2D eigenvalue weighted by molar-refractivity contribution is 0.180. The highest BCUT2D eigenvalue weighted by molar-refractivity contribution is 5.39. The first-order valence-electron chi connectivity index (χ1n) is 5.36. The van der Waals surface area contributed by atoms with Crippen molar-refractivity contribution in [3.05, 3.63) is 42.0 Å². The van der Waals surface area contributed by atoms with Gasteiger partial charge in [-0.15, -0.1) is 6.58 Å². The molecule has 0 amide bonds. The number of aliphatic hydroxyl groups excluding tert-OH is 1. The minimum Gasteiger partial charge on any atom is -0.493 e. The average Bonchev–Trinajstić information content (AvgIpc) is 2.61. The highest BCUT2D eigenvalue weighted by atomic mass is 16.5. The molecule has 1 aromatic carbocycles. The lowest BCUT2D eigenvalue weighted by atomic mass is 10.1. The maximum Gasteiger partial charge on any atom is 0.119 e. The standard InChI is InChI=1S/C13H16O2/c1-2-3-8-15-11-5-6-12-10(9-11)4-7-13(12)14/h2,5-6,9,13-14H,1,3-4,7-8H2. The van der Waals surface area contributed by atoms with E-state index in [0.29, 0.717) is 6.61 Å². The third-order valence-electron chi connectivity index (χ3n) is 2.75. The summed E-state index contributed by atoms with van der Waals surface area (Å²) in [7, 11) is 0. The third-order valence-corrected chi connectivity index (χ3v) is 2.75.